The van der Waals surface area contributed by atoms with E-state index in [4.69, 9.17) is 4.74 Å². The first kappa shape index (κ1) is 22.1. The zero-order valence-corrected chi connectivity index (χ0v) is 19.2. The van der Waals surface area contributed by atoms with Crippen LogP contribution in [-0.4, -0.2) is 28.1 Å². The quantitative estimate of drug-likeness (QED) is 0.606. The van der Waals surface area contributed by atoms with Crippen molar-refractivity contribution in [2.45, 2.75) is 53.6 Å². The number of phenols is 1. The maximum atomic E-state index is 12.9. The number of benzene rings is 1. The Balaban J connectivity index is 1.71. The van der Waals surface area contributed by atoms with E-state index in [2.05, 4.69) is 19.9 Å². The molecular weight excluding hydrogens is 404 g/mol. The fourth-order valence-corrected chi connectivity index (χ4v) is 5.62. The molecule has 0 amide bonds. The van der Waals surface area contributed by atoms with Gasteiger partial charge in [-0.15, -0.1) is 0 Å². The van der Waals surface area contributed by atoms with Crippen LogP contribution in [-0.2, 0) is 9.53 Å². The molecule has 0 unspecified atom stereocenters. The molecular formula is C27H30O5. The monoisotopic (exact) mass is 434 g/mol. The molecule has 2 atom stereocenters. The number of aromatic hydroxyl groups is 1. The first-order valence-corrected chi connectivity index (χ1v) is 11.1. The van der Waals surface area contributed by atoms with Crippen molar-refractivity contribution in [1.82, 2.24) is 0 Å². The number of rotatable bonds is 3. The second kappa shape index (κ2) is 7.51. The summed E-state index contributed by atoms with van der Waals surface area (Å²) in [5, 5.41) is 20.5. The summed E-state index contributed by atoms with van der Waals surface area (Å²) in [5.41, 5.74) is 2.64. The molecule has 4 rings (SSSR count). The van der Waals surface area contributed by atoms with Crippen LogP contribution in [0.4, 0.5) is 0 Å². The third kappa shape index (κ3) is 3.50. The van der Waals surface area contributed by atoms with Gasteiger partial charge in [0.05, 0.1) is 5.56 Å². The van der Waals surface area contributed by atoms with Crippen molar-refractivity contribution in [2.24, 2.45) is 16.7 Å². The van der Waals surface area contributed by atoms with Crippen LogP contribution >= 0.6 is 0 Å². The van der Waals surface area contributed by atoms with Crippen LogP contribution in [0, 0.1) is 16.7 Å². The number of aliphatic hydroxyl groups excluding tert-OH is 1. The van der Waals surface area contributed by atoms with E-state index in [1.165, 1.54) is 24.3 Å². The van der Waals surface area contributed by atoms with Crippen LogP contribution in [0.2, 0.25) is 0 Å². The van der Waals surface area contributed by atoms with Gasteiger partial charge in [-0.3, -0.25) is 4.79 Å². The minimum atomic E-state index is -0.634. The lowest BCUT2D eigenvalue weighted by molar-refractivity contribution is -0.115. The third-order valence-electron chi connectivity index (χ3n) is 6.99. The number of ketones is 1. The lowest BCUT2D eigenvalue weighted by Gasteiger charge is -2.52. The molecule has 32 heavy (non-hydrogen) atoms. The van der Waals surface area contributed by atoms with Crippen LogP contribution in [0.25, 0.3) is 0 Å². The highest BCUT2D eigenvalue weighted by Crippen LogP contribution is 2.59. The van der Waals surface area contributed by atoms with Crippen molar-refractivity contribution < 1.29 is 24.5 Å². The number of esters is 1. The average Bonchev–Trinajstić information content (AvgIpc) is 2.69. The number of phenolic OH excluding ortho intramolecular Hbond substituents is 1. The molecule has 5 heteroatoms. The average molecular weight is 435 g/mol. The zero-order valence-electron chi connectivity index (χ0n) is 19.2. The summed E-state index contributed by atoms with van der Waals surface area (Å²) in [4.78, 5) is 25.7. The summed E-state index contributed by atoms with van der Waals surface area (Å²) in [7, 11) is 0. The number of Topliss-reactive ketones (excluding diaryl/α,β-unsaturated/α-hetero) is 1. The van der Waals surface area contributed by atoms with E-state index in [1.54, 1.807) is 0 Å². The van der Waals surface area contributed by atoms with E-state index in [9.17, 15) is 19.8 Å². The van der Waals surface area contributed by atoms with Crippen LogP contribution in [0.5, 0.6) is 5.75 Å². The molecule has 1 aromatic carbocycles. The van der Waals surface area contributed by atoms with E-state index < -0.39 is 17.5 Å². The summed E-state index contributed by atoms with van der Waals surface area (Å²) in [6, 6.07) is 5.98. The lowest BCUT2D eigenvalue weighted by atomic mass is 9.53. The van der Waals surface area contributed by atoms with Gasteiger partial charge in [-0.05, 0) is 60.1 Å². The molecule has 2 N–H and O–H groups in total. The van der Waals surface area contributed by atoms with E-state index in [0.717, 1.165) is 11.1 Å². The van der Waals surface area contributed by atoms with E-state index in [0.29, 0.717) is 29.6 Å². The largest absolute Gasteiger partial charge is 0.508 e. The number of allylic oxidation sites excluding steroid dienone is 7. The molecule has 0 bridgehead atoms. The molecule has 0 spiro atoms. The summed E-state index contributed by atoms with van der Waals surface area (Å²) in [5.74, 6) is -0.879. The number of hydrogen-bond acceptors (Lipinski definition) is 5. The van der Waals surface area contributed by atoms with Gasteiger partial charge in [0.25, 0.3) is 0 Å². The van der Waals surface area contributed by atoms with Gasteiger partial charge in [0, 0.05) is 16.6 Å². The molecule has 1 aromatic rings. The summed E-state index contributed by atoms with van der Waals surface area (Å²) in [6.45, 7) is 10.1. The van der Waals surface area contributed by atoms with E-state index in [1.807, 2.05) is 32.9 Å². The van der Waals surface area contributed by atoms with Crippen LogP contribution in [0.3, 0.4) is 0 Å². The maximum Gasteiger partial charge on any atom is 0.338 e. The first-order chi connectivity index (χ1) is 14.9. The van der Waals surface area contributed by atoms with Gasteiger partial charge < -0.3 is 14.9 Å². The highest BCUT2D eigenvalue weighted by Gasteiger charge is 2.52. The SMILES string of the molecule is CC(C)C1=CC2=CC=C3C(C)(C)C[C@@H](OC(=O)c4ccc(O)cc4)C[C@@]3(C)C2=C(O)C1=O. The van der Waals surface area contributed by atoms with Crippen molar-refractivity contribution in [3.8, 4) is 5.75 Å². The van der Waals surface area contributed by atoms with Crippen LogP contribution in [0.1, 0.15) is 57.8 Å². The van der Waals surface area contributed by atoms with Crippen LogP contribution in [0.15, 0.2) is 70.5 Å². The predicted octanol–water partition coefficient (Wildman–Crippen LogP) is 5.59. The van der Waals surface area contributed by atoms with Crippen molar-refractivity contribution >= 4 is 11.8 Å². The van der Waals surface area contributed by atoms with Gasteiger partial charge in [0.15, 0.2) is 5.76 Å². The van der Waals surface area contributed by atoms with E-state index in [-0.39, 0.29) is 28.6 Å². The number of carbonyl (C=O) groups excluding carboxylic acids is 2. The molecule has 168 valence electrons. The Bertz CT molecular complexity index is 1110. The second-order valence-corrected chi connectivity index (χ2v) is 10.2. The molecule has 0 aromatic heterocycles. The van der Waals surface area contributed by atoms with Gasteiger partial charge in [-0.25, -0.2) is 4.79 Å². The standard InChI is InChI=1S/C27H30O5/c1-15(2)20-12-17-8-11-21-26(3,4)13-19(14-27(21,5)22(17)24(30)23(20)29)32-25(31)16-6-9-18(28)10-7-16/h6-12,15,19,28,30H,13-14H2,1-5H3/t19-,27-/m1/s1. The van der Waals surface area contributed by atoms with Gasteiger partial charge in [0.1, 0.15) is 11.9 Å². The molecule has 0 aliphatic heterocycles. The molecule has 3 aliphatic carbocycles. The Hall–Kier alpha value is -3.08. The number of hydrogen-bond donors (Lipinski definition) is 2. The number of carbonyl (C=O) groups is 2. The number of aliphatic hydroxyl groups is 1. The van der Waals surface area contributed by atoms with Crippen molar-refractivity contribution in [2.75, 3.05) is 0 Å². The Morgan fingerprint density at radius 3 is 2.34 bits per heavy atom. The highest BCUT2D eigenvalue weighted by atomic mass is 16.5. The van der Waals surface area contributed by atoms with Gasteiger partial charge in [-0.2, -0.15) is 0 Å². The zero-order chi connectivity index (χ0) is 23.4. The molecule has 0 saturated heterocycles. The molecule has 5 nitrogen and oxygen atoms in total. The molecule has 0 heterocycles. The highest BCUT2D eigenvalue weighted by molar-refractivity contribution is 6.10. The van der Waals surface area contributed by atoms with Crippen molar-refractivity contribution in [1.29, 1.82) is 0 Å². The number of fused-ring (bicyclic) bond motifs is 3. The predicted molar refractivity (Wildman–Crippen MR) is 122 cm³/mol. The molecule has 0 radical (unpaired) electrons. The fourth-order valence-electron chi connectivity index (χ4n) is 5.62. The molecule has 1 fully saturated rings. The molecule has 3 aliphatic rings. The van der Waals surface area contributed by atoms with Gasteiger partial charge in [-0.1, -0.05) is 52.3 Å². The first-order valence-electron chi connectivity index (χ1n) is 11.1. The minimum absolute atomic E-state index is 0.00657. The Morgan fingerprint density at radius 1 is 1.06 bits per heavy atom. The molecule has 1 saturated carbocycles. The fraction of sp³-hybridized carbons (Fsp3) is 0.407. The Labute approximate surface area is 188 Å². The van der Waals surface area contributed by atoms with E-state index >= 15 is 0 Å². The lowest BCUT2D eigenvalue weighted by Crippen LogP contribution is -2.46. The van der Waals surface area contributed by atoms with Gasteiger partial charge >= 0.3 is 5.97 Å². The maximum absolute atomic E-state index is 12.9. The summed E-state index contributed by atoms with van der Waals surface area (Å²) >= 11 is 0. The normalized spacial score (nSPS) is 26.6. The van der Waals surface area contributed by atoms with Crippen molar-refractivity contribution in [3.05, 3.63) is 76.1 Å². The summed E-state index contributed by atoms with van der Waals surface area (Å²) in [6.07, 6.45) is 6.70. The second-order valence-electron chi connectivity index (χ2n) is 10.2. The minimum Gasteiger partial charge on any atom is -0.508 e. The van der Waals surface area contributed by atoms with Crippen LogP contribution < -0.4 is 0 Å². The van der Waals surface area contributed by atoms with Gasteiger partial charge in [0.2, 0.25) is 5.78 Å². The third-order valence-corrected chi connectivity index (χ3v) is 6.99. The van der Waals surface area contributed by atoms with Crippen molar-refractivity contribution in [3.63, 3.8) is 0 Å². The Morgan fingerprint density at radius 2 is 1.72 bits per heavy atom. The Kier molecular flexibility index (Phi) is 5.19. The summed E-state index contributed by atoms with van der Waals surface area (Å²) < 4.78 is 5.90. The topological polar surface area (TPSA) is 83.8 Å². The smallest absolute Gasteiger partial charge is 0.338 e. The number of ether oxygens (including phenoxy) is 1.